The summed E-state index contributed by atoms with van der Waals surface area (Å²) in [6.45, 7) is 0. The van der Waals surface area contributed by atoms with Crippen molar-refractivity contribution in [1.82, 2.24) is 9.97 Å². The maximum Gasteiger partial charge on any atom is 0.317 e. The zero-order valence-corrected chi connectivity index (χ0v) is 10.1. The van der Waals surface area contributed by atoms with Crippen LogP contribution in [0.15, 0.2) is 6.07 Å². The summed E-state index contributed by atoms with van der Waals surface area (Å²) in [5.74, 6) is 0.577. The van der Waals surface area contributed by atoms with E-state index in [0.717, 1.165) is 0 Å². The third-order valence-electron chi connectivity index (χ3n) is 2.46. The number of hydrogen-bond acceptors (Lipinski definition) is 7. The van der Waals surface area contributed by atoms with Crippen LogP contribution in [0, 0.1) is 0 Å². The van der Waals surface area contributed by atoms with Crippen molar-refractivity contribution in [1.29, 1.82) is 0 Å². The lowest BCUT2D eigenvalue weighted by molar-refractivity contribution is 0.326. The molecule has 2 aromatic rings. The van der Waals surface area contributed by atoms with E-state index in [2.05, 4.69) is 9.97 Å². The second-order valence-electron chi connectivity index (χ2n) is 3.39. The molecule has 1 aromatic heterocycles. The van der Waals surface area contributed by atoms with Gasteiger partial charge in [-0.3, -0.25) is 0 Å². The first-order valence-electron chi connectivity index (χ1n) is 5.01. The van der Waals surface area contributed by atoms with E-state index in [-0.39, 0.29) is 17.1 Å². The summed E-state index contributed by atoms with van der Waals surface area (Å²) in [4.78, 5) is 7.27. The number of aromatic hydroxyl groups is 2. The van der Waals surface area contributed by atoms with Crippen LogP contribution in [-0.4, -0.2) is 41.5 Å². The van der Waals surface area contributed by atoms with Gasteiger partial charge in [-0.15, -0.1) is 0 Å². The van der Waals surface area contributed by atoms with Gasteiger partial charge in [-0.2, -0.15) is 9.97 Å². The van der Waals surface area contributed by atoms with E-state index in [1.807, 2.05) is 0 Å². The number of fused-ring (bicyclic) bond motifs is 1. The highest BCUT2D eigenvalue weighted by molar-refractivity contribution is 5.93. The van der Waals surface area contributed by atoms with Gasteiger partial charge in [0.05, 0.1) is 26.7 Å². The summed E-state index contributed by atoms with van der Waals surface area (Å²) in [6.07, 6.45) is 0. The lowest BCUT2D eigenvalue weighted by atomic mass is 10.2. The standard InChI is InChI=1S/C11H12N2O5/c1-16-6-4-5-7(9(18-3)8(6)17-2)12-11(15)13-10(5)14/h4H,1-3H3,(H2,12,13,14,15). The van der Waals surface area contributed by atoms with Crippen LogP contribution in [-0.2, 0) is 0 Å². The minimum atomic E-state index is -0.550. The first kappa shape index (κ1) is 12.0. The van der Waals surface area contributed by atoms with Crippen LogP contribution in [0.2, 0.25) is 0 Å². The molecular weight excluding hydrogens is 240 g/mol. The Morgan fingerprint density at radius 1 is 0.944 bits per heavy atom. The summed E-state index contributed by atoms with van der Waals surface area (Å²) >= 11 is 0. The first-order chi connectivity index (χ1) is 8.62. The molecule has 0 unspecified atom stereocenters. The molecule has 0 atom stereocenters. The Morgan fingerprint density at radius 3 is 2.17 bits per heavy atom. The Hall–Kier alpha value is -2.44. The van der Waals surface area contributed by atoms with Crippen molar-refractivity contribution in [2.45, 2.75) is 0 Å². The third-order valence-corrected chi connectivity index (χ3v) is 2.46. The number of benzene rings is 1. The van der Waals surface area contributed by atoms with Gasteiger partial charge in [0, 0.05) is 0 Å². The summed E-state index contributed by atoms with van der Waals surface area (Å²) in [5.41, 5.74) is 0.236. The van der Waals surface area contributed by atoms with Gasteiger partial charge in [-0.1, -0.05) is 0 Å². The molecule has 2 rings (SSSR count). The van der Waals surface area contributed by atoms with E-state index < -0.39 is 6.01 Å². The molecule has 18 heavy (non-hydrogen) atoms. The highest BCUT2D eigenvalue weighted by Gasteiger charge is 2.20. The molecule has 0 bridgehead atoms. The SMILES string of the molecule is COc1cc2c(O)nc(O)nc2c(OC)c1OC. The molecule has 0 spiro atoms. The third kappa shape index (κ3) is 1.69. The summed E-state index contributed by atoms with van der Waals surface area (Å²) in [7, 11) is 4.33. The Labute approximate surface area is 103 Å². The summed E-state index contributed by atoms with van der Waals surface area (Å²) in [5, 5.41) is 19.3. The van der Waals surface area contributed by atoms with Crippen LogP contribution in [0.1, 0.15) is 0 Å². The van der Waals surface area contributed by atoms with Crippen LogP contribution in [0.25, 0.3) is 10.9 Å². The normalized spacial score (nSPS) is 10.4. The van der Waals surface area contributed by atoms with E-state index in [4.69, 9.17) is 14.2 Å². The molecule has 96 valence electrons. The lowest BCUT2D eigenvalue weighted by Gasteiger charge is -2.14. The summed E-state index contributed by atoms with van der Waals surface area (Å²) < 4.78 is 15.5. The first-order valence-corrected chi connectivity index (χ1v) is 5.01. The van der Waals surface area contributed by atoms with Crippen molar-refractivity contribution < 1.29 is 24.4 Å². The fraction of sp³-hybridized carbons (Fsp3) is 0.273. The second kappa shape index (κ2) is 4.44. The maximum absolute atomic E-state index is 9.69. The zero-order valence-electron chi connectivity index (χ0n) is 10.1. The molecule has 0 aliphatic heterocycles. The minimum Gasteiger partial charge on any atom is -0.493 e. The topological polar surface area (TPSA) is 93.9 Å². The largest absolute Gasteiger partial charge is 0.493 e. The average Bonchev–Trinajstić information content (AvgIpc) is 2.36. The highest BCUT2D eigenvalue weighted by Crippen LogP contribution is 2.44. The Bertz CT molecular complexity index is 600. The fourth-order valence-electron chi connectivity index (χ4n) is 1.70. The molecular formula is C11H12N2O5. The quantitative estimate of drug-likeness (QED) is 0.843. The van der Waals surface area contributed by atoms with Crippen LogP contribution >= 0.6 is 0 Å². The van der Waals surface area contributed by atoms with Gasteiger partial charge in [-0.05, 0) is 6.07 Å². The number of rotatable bonds is 3. The van der Waals surface area contributed by atoms with Crippen molar-refractivity contribution in [3.8, 4) is 29.1 Å². The smallest absolute Gasteiger partial charge is 0.317 e. The van der Waals surface area contributed by atoms with Crippen molar-refractivity contribution in [3.63, 3.8) is 0 Å². The van der Waals surface area contributed by atoms with Gasteiger partial charge in [-0.25, -0.2) is 0 Å². The fourth-order valence-corrected chi connectivity index (χ4v) is 1.70. The van der Waals surface area contributed by atoms with Gasteiger partial charge in [0.15, 0.2) is 11.5 Å². The molecule has 0 radical (unpaired) electrons. The monoisotopic (exact) mass is 252 g/mol. The molecule has 0 saturated carbocycles. The Kier molecular flexibility index (Phi) is 2.97. The van der Waals surface area contributed by atoms with Crippen molar-refractivity contribution in [3.05, 3.63) is 6.07 Å². The van der Waals surface area contributed by atoms with Crippen LogP contribution < -0.4 is 14.2 Å². The minimum absolute atomic E-state index is 0.236. The van der Waals surface area contributed by atoms with Gasteiger partial charge in [0.1, 0.15) is 5.52 Å². The highest BCUT2D eigenvalue weighted by atomic mass is 16.5. The van der Waals surface area contributed by atoms with Crippen molar-refractivity contribution in [2.75, 3.05) is 21.3 Å². The molecule has 0 amide bonds. The number of ether oxygens (including phenoxy) is 3. The second-order valence-corrected chi connectivity index (χ2v) is 3.39. The van der Waals surface area contributed by atoms with Gasteiger partial charge in [0.2, 0.25) is 11.6 Å². The lowest BCUT2D eigenvalue weighted by Crippen LogP contribution is -1.98. The van der Waals surface area contributed by atoms with Gasteiger partial charge < -0.3 is 24.4 Å². The molecule has 7 nitrogen and oxygen atoms in total. The molecule has 0 aliphatic rings. The predicted octanol–water partition coefficient (Wildman–Crippen LogP) is 1.07. The van der Waals surface area contributed by atoms with Crippen LogP contribution in [0.4, 0.5) is 0 Å². The Morgan fingerprint density at radius 2 is 1.61 bits per heavy atom. The average molecular weight is 252 g/mol. The Balaban J connectivity index is 2.92. The molecule has 1 aromatic carbocycles. The van der Waals surface area contributed by atoms with Crippen LogP contribution in [0.5, 0.6) is 29.1 Å². The van der Waals surface area contributed by atoms with Crippen LogP contribution in [0.3, 0.4) is 0 Å². The number of methoxy groups -OCH3 is 3. The number of hydrogen-bond donors (Lipinski definition) is 2. The molecule has 1 heterocycles. The van der Waals surface area contributed by atoms with E-state index in [9.17, 15) is 10.2 Å². The molecule has 0 saturated heterocycles. The molecule has 2 N–H and O–H groups in total. The number of nitrogens with zero attached hydrogens (tertiary/aromatic N) is 2. The zero-order chi connectivity index (χ0) is 13.3. The van der Waals surface area contributed by atoms with E-state index >= 15 is 0 Å². The molecule has 0 fully saturated rings. The van der Waals surface area contributed by atoms with Gasteiger partial charge >= 0.3 is 6.01 Å². The maximum atomic E-state index is 9.69. The van der Waals surface area contributed by atoms with Gasteiger partial charge in [0.25, 0.3) is 0 Å². The van der Waals surface area contributed by atoms with Crippen molar-refractivity contribution >= 4 is 10.9 Å². The summed E-state index contributed by atoms with van der Waals surface area (Å²) in [6, 6.07) is 0.955. The van der Waals surface area contributed by atoms with E-state index in [0.29, 0.717) is 16.9 Å². The number of aromatic nitrogens is 2. The van der Waals surface area contributed by atoms with E-state index in [1.54, 1.807) is 0 Å². The molecule has 7 heteroatoms. The molecule has 0 aliphatic carbocycles. The predicted molar refractivity (Wildman–Crippen MR) is 62.5 cm³/mol. The van der Waals surface area contributed by atoms with E-state index in [1.165, 1.54) is 27.4 Å². The van der Waals surface area contributed by atoms with Crippen molar-refractivity contribution in [2.24, 2.45) is 0 Å².